The van der Waals surface area contributed by atoms with Crippen LogP contribution in [0, 0.1) is 6.92 Å². The highest BCUT2D eigenvalue weighted by molar-refractivity contribution is 5.73. The van der Waals surface area contributed by atoms with Gasteiger partial charge in [0.05, 0.1) is 0 Å². The fourth-order valence-electron chi connectivity index (χ4n) is 3.50. The van der Waals surface area contributed by atoms with E-state index in [4.69, 9.17) is 19.3 Å². The number of aryl methyl sites for hydroxylation is 1. The molecule has 9 heteroatoms. The minimum absolute atomic E-state index is 0.162. The van der Waals surface area contributed by atoms with E-state index < -0.39 is 36.7 Å². The van der Waals surface area contributed by atoms with Crippen LogP contribution in [0.25, 0.3) is 0 Å². The topological polar surface area (TPSA) is 138 Å². The number of aliphatic hydroxyl groups excluding tert-OH is 3. The Labute approximate surface area is 186 Å². The van der Waals surface area contributed by atoms with Crippen LogP contribution in [0.5, 0.6) is 11.5 Å². The average molecular weight is 447 g/mol. The Morgan fingerprint density at radius 2 is 1.81 bits per heavy atom. The van der Waals surface area contributed by atoms with Crippen molar-refractivity contribution in [3.63, 3.8) is 0 Å². The van der Waals surface area contributed by atoms with E-state index in [1.54, 1.807) is 18.2 Å². The Morgan fingerprint density at radius 3 is 2.44 bits per heavy atom. The molecular weight excluding hydrogens is 418 g/mol. The van der Waals surface area contributed by atoms with Crippen molar-refractivity contribution in [2.75, 3.05) is 13.6 Å². The molecule has 0 amide bonds. The number of benzene rings is 2. The molecule has 2 aromatic rings. The summed E-state index contributed by atoms with van der Waals surface area (Å²) < 4.78 is 17.0. The number of hydrogen-bond acceptors (Lipinski definition) is 8. The van der Waals surface area contributed by atoms with Crippen LogP contribution in [-0.2, 0) is 9.53 Å². The first-order chi connectivity index (χ1) is 15.3. The molecular formula is C23H29NO8. The van der Waals surface area contributed by atoms with Gasteiger partial charge in [0.15, 0.2) is 6.10 Å². The third-order valence-electron chi connectivity index (χ3n) is 5.31. The third-order valence-corrected chi connectivity index (χ3v) is 5.31. The maximum absolute atomic E-state index is 11.3. The number of carboxylic acid groups (broad SMARTS) is 1. The van der Waals surface area contributed by atoms with Crippen molar-refractivity contribution in [1.82, 2.24) is 5.32 Å². The van der Waals surface area contributed by atoms with Gasteiger partial charge in [-0.05, 0) is 49.8 Å². The molecule has 0 radical (unpaired) electrons. The number of rotatable bonds is 9. The van der Waals surface area contributed by atoms with Crippen LogP contribution in [0.15, 0.2) is 48.5 Å². The molecule has 1 aliphatic rings. The number of carbonyl (C=O) groups is 1. The summed E-state index contributed by atoms with van der Waals surface area (Å²) in [6.07, 6.45) is -7.71. The van der Waals surface area contributed by atoms with Crippen LogP contribution in [0.2, 0.25) is 0 Å². The minimum atomic E-state index is -1.77. The number of carboxylic acids is 1. The summed E-state index contributed by atoms with van der Waals surface area (Å²) in [5, 5.41) is 42.2. The highest BCUT2D eigenvalue weighted by Gasteiger charge is 2.48. The second-order valence-electron chi connectivity index (χ2n) is 7.69. The molecule has 0 bridgehead atoms. The van der Waals surface area contributed by atoms with E-state index in [-0.39, 0.29) is 11.9 Å². The molecule has 3 rings (SSSR count). The molecule has 1 aliphatic heterocycles. The van der Waals surface area contributed by atoms with Gasteiger partial charge >= 0.3 is 5.97 Å². The van der Waals surface area contributed by atoms with Gasteiger partial charge in [-0.15, -0.1) is 0 Å². The Bertz CT molecular complexity index is 893. The monoisotopic (exact) mass is 447 g/mol. The van der Waals surface area contributed by atoms with Crippen molar-refractivity contribution >= 4 is 5.97 Å². The number of ether oxygens (including phenoxy) is 3. The Balaban J connectivity index is 1.73. The van der Waals surface area contributed by atoms with E-state index in [9.17, 15) is 20.1 Å². The summed E-state index contributed by atoms with van der Waals surface area (Å²) in [5.74, 6) is -0.532. The van der Waals surface area contributed by atoms with Gasteiger partial charge in [0, 0.05) is 6.42 Å². The quantitative estimate of drug-likeness (QED) is 0.381. The first-order valence-corrected chi connectivity index (χ1v) is 10.4. The average Bonchev–Trinajstić information content (AvgIpc) is 2.78. The lowest BCUT2D eigenvalue weighted by Gasteiger charge is -2.38. The SMILES string of the molecule is CNCC[C@H](Oc1ccc(O[C@@H]2OC(C(=O)O)[C@H](O)C(O)C2O)cc1C)c1ccccc1. The van der Waals surface area contributed by atoms with Gasteiger partial charge < -0.3 is 40.0 Å². The van der Waals surface area contributed by atoms with E-state index in [0.29, 0.717) is 5.75 Å². The van der Waals surface area contributed by atoms with Crippen LogP contribution in [-0.4, -0.2) is 70.7 Å². The van der Waals surface area contributed by atoms with Gasteiger partial charge in [-0.3, -0.25) is 0 Å². The van der Waals surface area contributed by atoms with Crippen molar-refractivity contribution in [2.24, 2.45) is 0 Å². The van der Waals surface area contributed by atoms with Crippen LogP contribution < -0.4 is 14.8 Å². The summed E-state index contributed by atoms with van der Waals surface area (Å²) in [5.41, 5.74) is 1.81. The second-order valence-corrected chi connectivity index (χ2v) is 7.69. The normalized spacial score (nSPS) is 26.3. The van der Waals surface area contributed by atoms with Crippen LogP contribution in [0.4, 0.5) is 0 Å². The number of hydrogen-bond donors (Lipinski definition) is 5. The number of aliphatic carboxylic acids is 1. The van der Waals surface area contributed by atoms with E-state index in [2.05, 4.69) is 5.32 Å². The third kappa shape index (κ3) is 5.56. The first-order valence-electron chi connectivity index (χ1n) is 10.4. The summed E-state index contributed by atoms with van der Waals surface area (Å²) in [4.78, 5) is 11.3. The molecule has 0 spiro atoms. The largest absolute Gasteiger partial charge is 0.485 e. The predicted octanol–water partition coefficient (Wildman–Crippen LogP) is 0.996. The van der Waals surface area contributed by atoms with Crippen molar-refractivity contribution in [2.45, 2.75) is 50.2 Å². The van der Waals surface area contributed by atoms with E-state index >= 15 is 0 Å². The number of nitrogens with one attached hydrogen (secondary N) is 1. The highest BCUT2D eigenvalue weighted by Crippen LogP contribution is 2.31. The van der Waals surface area contributed by atoms with E-state index in [1.807, 2.05) is 44.3 Å². The van der Waals surface area contributed by atoms with Crippen LogP contribution in [0.3, 0.4) is 0 Å². The molecule has 0 aromatic heterocycles. The van der Waals surface area contributed by atoms with Gasteiger partial charge in [0.2, 0.25) is 6.29 Å². The summed E-state index contributed by atoms with van der Waals surface area (Å²) in [6, 6.07) is 14.9. The zero-order valence-corrected chi connectivity index (χ0v) is 17.9. The molecule has 6 atom stereocenters. The van der Waals surface area contributed by atoms with Crippen LogP contribution >= 0.6 is 0 Å². The lowest BCUT2D eigenvalue weighted by molar-refractivity contribution is -0.271. The molecule has 1 heterocycles. The maximum atomic E-state index is 11.3. The van der Waals surface area contributed by atoms with Gasteiger partial charge in [-0.2, -0.15) is 0 Å². The van der Waals surface area contributed by atoms with E-state index in [0.717, 1.165) is 24.1 Å². The smallest absolute Gasteiger partial charge is 0.335 e. The molecule has 2 aromatic carbocycles. The fraction of sp³-hybridized carbons (Fsp3) is 0.435. The lowest BCUT2D eigenvalue weighted by Crippen LogP contribution is -2.61. The van der Waals surface area contributed by atoms with Crippen molar-refractivity contribution in [3.8, 4) is 11.5 Å². The zero-order valence-electron chi connectivity index (χ0n) is 17.9. The molecule has 1 saturated heterocycles. The minimum Gasteiger partial charge on any atom is -0.485 e. The molecule has 0 saturated carbocycles. The summed E-state index contributed by atoms with van der Waals surface area (Å²) in [7, 11) is 1.88. The first kappa shape index (κ1) is 24.0. The molecule has 174 valence electrons. The van der Waals surface area contributed by atoms with Gasteiger partial charge in [-0.25, -0.2) is 4.79 Å². The van der Waals surface area contributed by atoms with Crippen molar-refractivity contribution in [3.05, 3.63) is 59.7 Å². The maximum Gasteiger partial charge on any atom is 0.335 e. The summed E-state index contributed by atoms with van der Waals surface area (Å²) >= 11 is 0. The molecule has 9 nitrogen and oxygen atoms in total. The second kappa shape index (κ2) is 10.8. The fourth-order valence-corrected chi connectivity index (χ4v) is 3.50. The molecule has 32 heavy (non-hydrogen) atoms. The highest BCUT2D eigenvalue weighted by atomic mass is 16.7. The van der Waals surface area contributed by atoms with Crippen LogP contribution in [0.1, 0.15) is 23.7 Å². The van der Waals surface area contributed by atoms with Crippen molar-refractivity contribution in [1.29, 1.82) is 0 Å². The van der Waals surface area contributed by atoms with Gasteiger partial charge in [0.1, 0.15) is 35.9 Å². The Kier molecular flexibility index (Phi) is 8.05. The molecule has 1 fully saturated rings. The lowest BCUT2D eigenvalue weighted by atomic mass is 9.99. The van der Waals surface area contributed by atoms with E-state index in [1.165, 1.54) is 0 Å². The molecule has 3 unspecified atom stereocenters. The zero-order chi connectivity index (χ0) is 23.3. The number of aliphatic hydroxyl groups is 3. The van der Waals surface area contributed by atoms with Gasteiger partial charge in [-0.1, -0.05) is 30.3 Å². The summed E-state index contributed by atoms with van der Waals surface area (Å²) in [6.45, 7) is 2.61. The Hall–Kier alpha value is -2.69. The molecule has 5 N–H and O–H groups in total. The Morgan fingerprint density at radius 1 is 1.09 bits per heavy atom. The van der Waals surface area contributed by atoms with Crippen molar-refractivity contribution < 1.29 is 39.4 Å². The van der Waals surface area contributed by atoms with Gasteiger partial charge in [0.25, 0.3) is 0 Å². The predicted molar refractivity (Wildman–Crippen MR) is 114 cm³/mol. The molecule has 0 aliphatic carbocycles. The standard InChI is InChI=1S/C23H29NO8/c1-13-12-15(30-23-20(27)18(25)19(26)21(32-23)22(28)29)8-9-16(13)31-17(10-11-24-2)14-6-4-3-5-7-14/h3-9,12,17-21,23-27H,10-11H2,1-2H3,(H,28,29)/t17-,18?,19+,20?,21?,23+/m0/s1.